The average molecular weight is 1630 g/mol. The largest absolute Gasteiger partial charge is 0.506 e. The summed E-state index contributed by atoms with van der Waals surface area (Å²) < 4.78 is 32.0. The Morgan fingerprint density at radius 3 is 1.62 bits per heavy atom. The van der Waals surface area contributed by atoms with Gasteiger partial charge in [0.15, 0.2) is 23.2 Å². The number of amides is 11. The summed E-state index contributed by atoms with van der Waals surface area (Å²) in [5.74, 6) is 15.3. The van der Waals surface area contributed by atoms with Crippen molar-refractivity contribution in [3.63, 3.8) is 0 Å². The predicted octanol–water partition coefficient (Wildman–Crippen LogP) is 4.30. The standard InChI is InChI=1S/C31H24FN5O5.C29H30N6O5.C26H27N7O5/c1-36-15-21(14-33-36)22-8-9-23(38)28(34-22)19-5-3-18(4-6-19)11-12-31(13-25(39)35-30(31)41)17-37-16-20-7-10-24(42-2)27(32)26(20)29(37)40;1-40-23-9-6-21-17-35(26(36)24(21)16-23)18-29(27(37)30-28(38)31-29)11-10-19-2-4-20(5-3-19)25(32-39)34-14-12-33(13-15-34)22-7-8-22;1-31-9-11-32(12-10-31)22(30-37)21-6-3-17(14-27-21)7-8-26(24(35)28-25(36)29-26)16-33-15-18-4-5-19(38-2)13-20(18)23(33)34/h3-10,14-15,38H,13,16-17H2,1-2H3,(H,35,39,41);2-6,9,16,22,39H,7-8,12-15,17-18H2,1H3,(H2,30,31,37,38);3-6,13-14,37H,9-12,15-16H2,1-2H3,(H2,28,29,35,36)/t31-;29-;26-/m111/s1. The van der Waals surface area contributed by atoms with Crippen molar-refractivity contribution in [1.82, 2.24) is 80.6 Å². The SMILES string of the molecule is COc1ccc2c(c1)C(=O)N(C[C@@]1(C#Cc3ccc(C(=NO)N4CCN(C)CC4)nc3)NC(=O)NC1=O)C2.COc1ccc2c(c1)C(=O)N(C[C@@]1(C#Cc3ccc(C(=NO)N4CCN(C5CC5)CC4)cc3)NC(=O)NC1=O)C2.COc1ccc2c(c1F)C(=O)N(C[C@@]1(C#Cc3ccc(-c4nc(-c5cnn(C)c5)ccc4O)cc3)CC(=O)NC1=O)C2. The van der Waals surface area contributed by atoms with Crippen LogP contribution in [0, 0.1) is 46.8 Å². The number of methoxy groups -OCH3 is 3. The molecule has 0 spiro atoms. The fourth-order valence-corrected chi connectivity index (χ4v) is 15.4. The lowest BCUT2D eigenvalue weighted by Crippen LogP contribution is -2.54. The Morgan fingerprint density at radius 1 is 0.558 bits per heavy atom. The van der Waals surface area contributed by atoms with E-state index in [1.54, 1.807) is 115 Å². The highest BCUT2D eigenvalue weighted by Gasteiger charge is 2.52. The Balaban J connectivity index is 0.000000140. The summed E-state index contributed by atoms with van der Waals surface area (Å²) in [7, 11) is 8.20. The number of carbonyl (C=O) groups excluding carboxylic acids is 9. The van der Waals surface area contributed by atoms with Gasteiger partial charge in [0, 0.05) is 149 Å². The Morgan fingerprint density at radius 2 is 1.10 bits per heavy atom. The molecule has 8 N–H and O–H groups in total. The molecule has 6 fully saturated rings. The fourth-order valence-electron chi connectivity index (χ4n) is 15.4. The number of aromatic hydroxyl groups is 1. The number of imide groups is 3. The summed E-state index contributed by atoms with van der Waals surface area (Å²) in [4.78, 5) is 136. The highest BCUT2D eigenvalue weighted by molar-refractivity contribution is 6.12. The molecule has 9 aliphatic rings. The first kappa shape index (κ1) is 80.5. The quantitative estimate of drug-likeness (QED) is 0.0143. The maximum Gasteiger partial charge on any atom is 0.323 e. The molecule has 8 aliphatic heterocycles. The molecule has 0 unspecified atom stereocenters. The van der Waals surface area contributed by atoms with E-state index < -0.39 is 63.9 Å². The van der Waals surface area contributed by atoms with E-state index in [1.807, 2.05) is 36.3 Å². The monoisotopic (exact) mass is 1620 g/mol. The first-order chi connectivity index (χ1) is 57.9. The zero-order valence-corrected chi connectivity index (χ0v) is 65.8. The maximum absolute atomic E-state index is 14.8. The maximum atomic E-state index is 14.8. The molecule has 33 nitrogen and oxygen atoms in total. The van der Waals surface area contributed by atoms with Crippen molar-refractivity contribution >= 4 is 65.1 Å². The molecule has 120 heavy (non-hydrogen) atoms. The van der Waals surface area contributed by atoms with Crippen molar-refractivity contribution in [3.8, 4) is 81.0 Å². The Hall–Kier alpha value is -14.7. The summed E-state index contributed by atoms with van der Waals surface area (Å²) in [5, 5.41) is 53.0. The van der Waals surface area contributed by atoms with E-state index in [1.165, 1.54) is 61.1 Å². The number of halogens is 1. The number of fused-ring (bicyclic) bond motifs is 3. The predicted molar refractivity (Wildman–Crippen MR) is 429 cm³/mol. The number of oxime groups is 2. The molecular weight excluding hydrogens is 1540 g/mol. The third-order valence-corrected chi connectivity index (χ3v) is 22.1. The number of urea groups is 2. The van der Waals surface area contributed by atoms with Crippen LogP contribution in [-0.4, -0.2) is 252 Å². The summed E-state index contributed by atoms with van der Waals surface area (Å²) in [6.07, 6.45) is 7.32. The van der Waals surface area contributed by atoms with E-state index in [0.29, 0.717) is 98.3 Å². The minimum Gasteiger partial charge on any atom is -0.506 e. The molecule has 612 valence electrons. The van der Waals surface area contributed by atoms with Crippen molar-refractivity contribution in [2.24, 2.45) is 22.8 Å². The van der Waals surface area contributed by atoms with Gasteiger partial charge in [-0.25, -0.2) is 19.0 Å². The third-order valence-electron chi connectivity index (χ3n) is 22.1. The van der Waals surface area contributed by atoms with Crippen LogP contribution >= 0.6 is 0 Å². The van der Waals surface area contributed by atoms with Gasteiger partial charge in [-0.05, 0) is 128 Å². The number of likely N-dealkylation sites (N-methyl/N-ethyl adjacent to an activating group) is 1. The first-order valence-electron chi connectivity index (χ1n) is 38.4. The number of pyridine rings is 2. The third kappa shape index (κ3) is 16.6. The normalized spacial score (nSPS) is 20.6. The van der Waals surface area contributed by atoms with Gasteiger partial charge in [0.2, 0.25) is 22.9 Å². The van der Waals surface area contributed by atoms with Gasteiger partial charge in [-0.1, -0.05) is 76.2 Å². The van der Waals surface area contributed by atoms with Crippen LogP contribution in [0.1, 0.15) is 95.0 Å². The van der Waals surface area contributed by atoms with Gasteiger partial charge >= 0.3 is 12.1 Å². The lowest BCUT2D eigenvalue weighted by Gasteiger charge is -2.36. The lowest BCUT2D eigenvalue weighted by atomic mass is 9.85. The second-order valence-electron chi connectivity index (χ2n) is 30.1. The smallest absolute Gasteiger partial charge is 0.323 e. The number of amidine groups is 2. The number of aromatic nitrogens is 4. The van der Waals surface area contributed by atoms with Gasteiger partial charge in [0.1, 0.15) is 34.1 Å². The summed E-state index contributed by atoms with van der Waals surface area (Å²) in [5.41, 5.74) is 3.55. The molecule has 3 aromatic heterocycles. The van der Waals surface area contributed by atoms with Crippen LogP contribution in [0.15, 0.2) is 150 Å². The molecule has 5 saturated heterocycles. The minimum atomic E-state index is -1.63. The van der Waals surface area contributed by atoms with Gasteiger partial charge in [-0.3, -0.25) is 64.1 Å². The highest BCUT2D eigenvalue weighted by Crippen LogP contribution is 2.38. The molecular formula is C86H81FN18O15. The summed E-state index contributed by atoms with van der Waals surface area (Å²) in [6, 6.07) is 33.7. The van der Waals surface area contributed by atoms with Gasteiger partial charge in [0.25, 0.3) is 29.5 Å². The van der Waals surface area contributed by atoms with E-state index in [0.717, 1.165) is 61.5 Å². The van der Waals surface area contributed by atoms with Gasteiger partial charge in [-0.15, -0.1) is 0 Å². The van der Waals surface area contributed by atoms with Crippen LogP contribution in [-0.2, 0) is 45.9 Å². The minimum absolute atomic E-state index is 0.00639. The summed E-state index contributed by atoms with van der Waals surface area (Å²) in [6.45, 7) is 6.78. The molecule has 11 amide bonds. The van der Waals surface area contributed by atoms with Gasteiger partial charge in [0.05, 0.1) is 58.3 Å². The van der Waals surface area contributed by atoms with Crippen LogP contribution in [0.4, 0.5) is 14.0 Å². The molecule has 0 radical (unpaired) electrons. The van der Waals surface area contributed by atoms with E-state index in [-0.39, 0.29) is 74.6 Å². The van der Waals surface area contributed by atoms with Crippen LogP contribution in [0.3, 0.4) is 0 Å². The topological polar surface area (TPSA) is 393 Å². The molecule has 1 saturated carbocycles. The van der Waals surface area contributed by atoms with Crippen molar-refractivity contribution in [2.45, 2.75) is 56.0 Å². The van der Waals surface area contributed by atoms with E-state index >= 15 is 0 Å². The van der Waals surface area contributed by atoms with Crippen LogP contribution in [0.25, 0.3) is 22.5 Å². The molecule has 17 rings (SSSR count). The van der Waals surface area contributed by atoms with Gasteiger partial charge < -0.3 is 69.8 Å². The lowest BCUT2D eigenvalue weighted by molar-refractivity contribution is -0.127. The highest BCUT2D eigenvalue weighted by atomic mass is 19.1. The Labute approximate surface area is 687 Å². The Kier molecular flexibility index (Phi) is 22.5. The van der Waals surface area contributed by atoms with Crippen molar-refractivity contribution < 1.29 is 77.3 Å². The number of hydrogen-bond donors (Lipinski definition) is 8. The molecule has 11 heterocycles. The number of aryl methyl sites for hydroxylation is 1. The van der Waals surface area contributed by atoms with E-state index in [9.17, 15) is 63.1 Å². The number of carbonyl (C=O) groups is 9. The fraction of sp³-hybridized carbons (Fsp3) is 0.302. The molecule has 8 aromatic rings. The second kappa shape index (κ2) is 33.5. The number of benzene rings is 5. The number of ether oxygens (including phenoxy) is 3. The number of nitrogens with zero attached hydrogens (tertiary/aromatic N) is 13. The van der Waals surface area contributed by atoms with E-state index in [4.69, 9.17) is 14.2 Å². The first-order valence-corrected chi connectivity index (χ1v) is 38.4. The van der Waals surface area contributed by atoms with Crippen LogP contribution in [0.5, 0.6) is 23.0 Å². The van der Waals surface area contributed by atoms with Crippen molar-refractivity contribution in [3.05, 3.63) is 207 Å². The second-order valence-corrected chi connectivity index (χ2v) is 30.1. The molecule has 3 atom stereocenters. The van der Waals surface area contributed by atoms with Crippen molar-refractivity contribution in [2.75, 3.05) is 100 Å². The van der Waals surface area contributed by atoms with Crippen molar-refractivity contribution in [1.29, 1.82) is 0 Å². The molecule has 34 heteroatoms. The number of piperazine rings is 2. The van der Waals surface area contributed by atoms with Crippen LogP contribution in [0.2, 0.25) is 0 Å². The zero-order valence-electron chi connectivity index (χ0n) is 65.8. The average Bonchev–Trinajstić information content (AvgIpc) is 1.59. The zero-order chi connectivity index (χ0) is 84.3. The number of hydrogen-bond acceptors (Lipinski definition) is 22. The number of nitrogens with one attached hydrogen (secondary N) is 5. The molecule has 0 bridgehead atoms. The van der Waals surface area contributed by atoms with Gasteiger partial charge in [-0.2, -0.15) is 5.10 Å². The van der Waals surface area contributed by atoms with Crippen LogP contribution < -0.4 is 40.8 Å². The molecule has 1 aliphatic carbocycles. The van der Waals surface area contributed by atoms with E-state index in [2.05, 4.69) is 102 Å². The summed E-state index contributed by atoms with van der Waals surface area (Å²) >= 11 is 0. The number of rotatable bonds is 14. The molecule has 5 aromatic carbocycles. The Bertz CT molecular complexity index is 5770.